The molecule has 1 N–H and O–H groups in total. The standard InChI is InChI=1S/C28H23Cl3N2O5/c1-13-6-7-15(11-20(13)29)33-23(35)18-9-8-17-19(21(18)24(33)36)12-27(30)25(37)32(2)26(38)28(27,31)22(17)14-4-3-5-16(34)10-14/h3-8,10-11,18-19,21-22,34H,9,12H2,1-2H3. The van der Waals surface area contributed by atoms with Gasteiger partial charge in [-0.05, 0) is 61.1 Å². The van der Waals surface area contributed by atoms with E-state index >= 15 is 0 Å². The maximum absolute atomic E-state index is 13.9. The monoisotopic (exact) mass is 572 g/mol. The molecule has 6 atom stereocenters. The first-order chi connectivity index (χ1) is 17.9. The largest absolute Gasteiger partial charge is 0.508 e. The summed E-state index contributed by atoms with van der Waals surface area (Å²) in [5.74, 6) is -5.07. The maximum atomic E-state index is 13.9. The number of benzene rings is 2. The quantitative estimate of drug-likeness (QED) is 0.323. The number of hydrogen-bond acceptors (Lipinski definition) is 5. The molecule has 1 saturated carbocycles. The van der Waals surface area contributed by atoms with Crippen molar-refractivity contribution in [3.8, 4) is 5.75 Å². The Morgan fingerprint density at radius 3 is 2.39 bits per heavy atom. The van der Waals surface area contributed by atoms with E-state index in [1.54, 1.807) is 30.3 Å². The molecule has 196 valence electrons. The van der Waals surface area contributed by atoms with Gasteiger partial charge < -0.3 is 5.11 Å². The van der Waals surface area contributed by atoms with E-state index in [1.165, 1.54) is 19.2 Å². The average Bonchev–Trinajstić information content (AvgIpc) is 3.20. The third-order valence-corrected chi connectivity index (χ3v) is 10.5. The van der Waals surface area contributed by atoms with E-state index in [0.29, 0.717) is 21.8 Å². The molecule has 6 rings (SSSR count). The molecule has 0 aromatic heterocycles. The lowest BCUT2D eigenvalue weighted by atomic mass is 9.56. The van der Waals surface area contributed by atoms with Crippen LogP contribution in [0, 0.1) is 24.7 Å². The Hall–Kier alpha value is -2.87. The number of alkyl halides is 2. The predicted molar refractivity (Wildman–Crippen MR) is 142 cm³/mol. The highest BCUT2D eigenvalue weighted by molar-refractivity contribution is 6.53. The fourth-order valence-corrected chi connectivity index (χ4v) is 7.99. The number of aryl methyl sites for hydroxylation is 1. The van der Waals surface area contributed by atoms with Gasteiger partial charge in [-0.15, -0.1) is 23.2 Å². The smallest absolute Gasteiger partial charge is 0.253 e. The van der Waals surface area contributed by atoms with E-state index in [-0.39, 0.29) is 24.5 Å². The molecule has 2 aromatic carbocycles. The number of likely N-dealkylation sites (tertiary alicyclic amines) is 1. The number of halogens is 3. The highest BCUT2D eigenvalue weighted by atomic mass is 35.5. The fourth-order valence-electron chi connectivity index (χ4n) is 6.80. The number of carbonyl (C=O) groups is 4. The second-order valence-electron chi connectivity index (χ2n) is 10.5. The molecule has 7 nitrogen and oxygen atoms in total. The minimum absolute atomic E-state index is 0.0426. The van der Waals surface area contributed by atoms with E-state index in [1.807, 2.05) is 13.0 Å². The van der Waals surface area contributed by atoms with Gasteiger partial charge in [0.15, 0.2) is 9.75 Å². The zero-order chi connectivity index (χ0) is 27.3. The highest BCUT2D eigenvalue weighted by Crippen LogP contribution is 2.65. The Morgan fingerprint density at radius 2 is 1.71 bits per heavy atom. The third kappa shape index (κ3) is 3.09. The van der Waals surface area contributed by atoms with Crippen LogP contribution >= 0.6 is 34.8 Å². The Kier molecular flexibility index (Phi) is 5.56. The second-order valence-corrected chi connectivity index (χ2v) is 12.2. The fraction of sp³-hybridized carbons (Fsp3) is 0.357. The first-order valence-electron chi connectivity index (χ1n) is 12.2. The van der Waals surface area contributed by atoms with Crippen molar-refractivity contribution in [1.29, 1.82) is 0 Å². The molecule has 38 heavy (non-hydrogen) atoms. The molecule has 0 spiro atoms. The molecule has 6 unspecified atom stereocenters. The number of fused-ring (bicyclic) bond motifs is 4. The molecule has 2 heterocycles. The van der Waals surface area contributed by atoms with Gasteiger partial charge in [-0.3, -0.25) is 24.1 Å². The molecule has 0 bridgehead atoms. The third-order valence-electron chi connectivity index (χ3n) is 8.63. The number of carbonyl (C=O) groups excluding carboxylic acids is 4. The summed E-state index contributed by atoms with van der Waals surface area (Å²) in [6.07, 6.45) is 2.03. The zero-order valence-corrected chi connectivity index (χ0v) is 22.7. The molecule has 4 amide bonds. The van der Waals surface area contributed by atoms with E-state index in [4.69, 9.17) is 34.8 Å². The number of aromatic hydroxyl groups is 1. The lowest BCUT2D eigenvalue weighted by Gasteiger charge is -2.50. The molecule has 2 aliphatic heterocycles. The van der Waals surface area contributed by atoms with Crippen LogP contribution in [0.1, 0.15) is 29.9 Å². The number of nitrogens with zero attached hydrogens (tertiary/aromatic N) is 2. The van der Waals surface area contributed by atoms with E-state index in [0.717, 1.165) is 15.4 Å². The van der Waals surface area contributed by atoms with Gasteiger partial charge in [-0.25, -0.2) is 4.90 Å². The Morgan fingerprint density at radius 1 is 0.974 bits per heavy atom. The summed E-state index contributed by atoms with van der Waals surface area (Å²) in [7, 11) is 1.34. The van der Waals surface area contributed by atoms with Crippen LogP contribution in [0.2, 0.25) is 5.02 Å². The van der Waals surface area contributed by atoms with Crippen molar-refractivity contribution < 1.29 is 24.3 Å². The van der Waals surface area contributed by atoms with Crippen molar-refractivity contribution >= 4 is 64.1 Å². The number of rotatable bonds is 2. The number of imide groups is 2. The lowest BCUT2D eigenvalue weighted by molar-refractivity contribution is -0.138. The molecule has 0 radical (unpaired) electrons. The summed E-state index contributed by atoms with van der Waals surface area (Å²) in [6, 6.07) is 11.3. The molecule has 2 aliphatic carbocycles. The van der Waals surface area contributed by atoms with E-state index in [9.17, 15) is 24.3 Å². The SMILES string of the molecule is Cc1ccc(N2C(=O)C3CC=C4C(CC5(Cl)C(=O)N(C)C(=O)C5(Cl)C4c4cccc(O)c4)C3C2=O)cc1Cl. The normalized spacial score (nSPS) is 34.3. The summed E-state index contributed by atoms with van der Waals surface area (Å²) in [6.45, 7) is 1.83. The molecule has 2 saturated heterocycles. The van der Waals surface area contributed by atoms with Crippen molar-refractivity contribution in [2.75, 3.05) is 11.9 Å². The topological polar surface area (TPSA) is 95.0 Å². The molecule has 4 aliphatic rings. The molecule has 2 aromatic rings. The molecule has 3 fully saturated rings. The average molecular weight is 574 g/mol. The first kappa shape index (κ1) is 25.4. The second kappa shape index (κ2) is 8.31. The van der Waals surface area contributed by atoms with Crippen LogP contribution in [0.3, 0.4) is 0 Å². The van der Waals surface area contributed by atoms with E-state index < -0.39 is 51.1 Å². The van der Waals surface area contributed by atoms with Gasteiger partial charge in [0.25, 0.3) is 11.8 Å². The van der Waals surface area contributed by atoms with Crippen LogP contribution in [0.25, 0.3) is 0 Å². The minimum Gasteiger partial charge on any atom is -0.508 e. The zero-order valence-electron chi connectivity index (χ0n) is 20.5. The van der Waals surface area contributed by atoms with Crippen molar-refractivity contribution in [1.82, 2.24) is 4.90 Å². The molecule has 10 heteroatoms. The Balaban J connectivity index is 1.51. The Labute approximate surface area is 233 Å². The summed E-state index contributed by atoms with van der Waals surface area (Å²) >= 11 is 20.5. The van der Waals surface area contributed by atoms with Crippen molar-refractivity contribution in [2.45, 2.75) is 35.4 Å². The number of anilines is 1. The van der Waals surface area contributed by atoms with Gasteiger partial charge in [-0.2, -0.15) is 0 Å². The van der Waals surface area contributed by atoms with Gasteiger partial charge in [0.05, 0.1) is 17.5 Å². The Bertz CT molecular complexity index is 1490. The number of amides is 4. The van der Waals surface area contributed by atoms with Crippen molar-refractivity contribution in [3.63, 3.8) is 0 Å². The van der Waals surface area contributed by atoms with Crippen molar-refractivity contribution in [2.24, 2.45) is 17.8 Å². The van der Waals surface area contributed by atoms with Gasteiger partial charge in [-0.1, -0.05) is 41.4 Å². The number of phenols is 1. The summed E-state index contributed by atoms with van der Waals surface area (Å²) in [5.41, 5.74) is 2.36. The van der Waals surface area contributed by atoms with Gasteiger partial charge in [0.2, 0.25) is 11.8 Å². The lowest BCUT2D eigenvalue weighted by Crippen LogP contribution is -2.60. The number of allylic oxidation sites excluding steroid dienone is 2. The van der Waals surface area contributed by atoms with E-state index in [2.05, 4.69) is 0 Å². The van der Waals surface area contributed by atoms with Gasteiger partial charge >= 0.3 is 0 Å². The first-order valence-corrected chi connectivity index (χ1v) is 13.4. The molecular formula is C28H23Cl3N2O5. The molecular weight excluding hydrogens is 551 g/mol. The summed E-state index contributed by atoms with van der Waals surface area (Å²) < 4.78 is 0. The van der Waals surface area contributed by atoms with Gasteiger partial charge in [0, 0.05) is 18.0 Å². The van der Waals surface area contributed by atoms with Crippen LogP contribution in [-0.4, -0.2) is 50.4 Å². The van der Waals surface area contributed by atoms with Crippen LogP contribution in [0.5, 0.6) is 5.75 Å². The van der Waals surface area contributed by atoms with Crippen LogP contribution in [0.15, 0.2) is 54.1 Å². The van der Waals surface area contributed by atoms with Crippen LogP contribution in [-0.2, 0) is 19.2 Å². The van der Waals surface area contributed by atoms with Gasteiger partial charge in [0.1, 0.15) is 5.75 Å². The highest BCUT2D eigenvalue weighted by Gasteiger charge is 2.75. The minimum atomic E-state index is -1.88. The predicted octanol–water partition coefficient (Wildman–Crippen LogP) is 4.55. The summed E-state index contributed by atoms with van der Waals surface area (Å²) in [4.78, 5) is 52.8. The van der Waals surface area contributed by atoms with Crippen LogP contribution < -0.4 is 4.90 Å². The van der Waals surface area contributed by atoms with Crippen LogP contribution in [0.4, 0.5) is 5.69 Å². The number of phenolic OH excluding ortho intramolecular Hbond substituents is 1. The van der Waals surface area contributed by atoms with Crippen molar-refractivity contribution in [3.05, 3.63) is 70.3 Å². The maximum Gasteiger partial charge on any atom is 0.253 e. The number of hydrogen-bond donors (Lipinski definition) is 1. The summed E-state index contributed by atoms with van der Waals surface area (Å²) in [5, 5.41) is 10.7.